The predicted molar refractivity (Wildman–Crippen MR) is 61.9 cm³/mol. The Morgan fingerprint density at radius 1 is 1.33 bits per heavy atom. The number of likely N-dealkylation sites (N-methyl/N-ethyl adjacent to an activating group) is 1. The van der Waals surface area contributed by atoms with Gasteiger partial charge in [0, 0.05) is 26.2 Å². The first-order chi connectivity index (χ1) is 6.91. The standard InChI is InChI=1S/C12H24N2O/c1-11(15,7-13(2)3)8-14-9-12(10-14)5-4-6-12/h15H,4-10H2,1-3H3. The van der Waals surface area contributed by atoms with E-state index in [4.69, 9.17) is 0 Å². The van der Waals surface area contributed by atoms with Crippen LogP contribution in [0.15, 0.2) is 0 Å². The van der Waals surface area contributed by atoms with E-state index in [1.807, 2.05) is 21.0 Å². The van der Waals surface area contributed by atoms with Crippen molar-refractivity contribution in [3.05, 3.63) is 0 Å². The minimum Gasteiger partial charge on any atom is -0.388 e. The van der Waals surface area contributed by atoms with Crippen molar-refractivity contribution in [3.63, 3.8) is 0 Å². The van der Waals surface area contributed by atoms with Gasteiger partial charge in [0.05, 0.1) is 5.60 Å². The van der Waals surface area contributed by atoms with Crippen LogP contribution < -0.4 is 0 Å². The molecule has 0 aromatic carbocycles. The van der Waals surface area contributed by atoms with E-state index in [1.54, 1.807) is 0 Å². The molecule has 1 saturated carbocycles. The smallest absolute Gasteiger partial charge is 0.0871 e. The van der Waals surface area contributed by atoms with Crippen molar-refractivity contribution in [2.45, 2.75) is 31.8 Å². The second-order valence-electron chi connectivity index (χ2n) is 6.23. The van der Waals surface area contributed by atoms with Gasteiger partial charge in [-0.2, -0.15) is 0 Å². The van der Waals surface area contributed by atoms with Gasteiger partial charge in [0.2, 0.25) is 0 Å². The van der Waals surface area contributed by atoms with E-state index < -0.39 is 5.60 Å². The van der Waals surface area contributed by atoms with Gasteiger partial charge in [0.25, 0.3) is 0 Å². The number of nitrogens with zero attached hydrogens (tertiary/aromatic N) is 2. The normalized spacial score (nSPS) is 28.6. The Hall–Kier alpha value is -0.120. The minimum absolute atomic E-state index is 0.561. The highest BCUT2D eigenvalue weighted by atomic mass is 16.3. The fourth-order valence-corrected chi connectivity index (χ4v) is 3.22. The molecule has 1 N–H and O–H groups in total. The molecule has 2 rings (SSSR count). The van der Waals surface area contributed by atoms with E-state index in [0.29, 0.717) is 5.41 Å². The van der Waals surface area contributed by atoms with Gasteiger partial charge in [-0.3, -0.25) is 4.90 Å². The summed E-state index contributed by atoms with van der Waals surface area (Å²) < 4.78 is 0. The molecule has 15 heavy (non-hydrogen) atoms. The van der Waals surface area contributed by atoms with Crippen LogP contribution in [0.5, 0.6) is 0 Å². The molecule has 1 saturated heterocycles. The number of β-amino-alcohol motifs (C(OH)–C–C–N with tert-alkyl or cyclic N) is 1. The average Bonchev–Trinajstić information content (AvgIpc) is 1.88. The Balaban J connectivity index is 1.73. The lowest BCUT2D eigenvalue weighted by atomic mass is 9.63. The molecule has 1 heterocycles. The van der Waals surface area contributed by atoms with E-state index in [9.17, 15) is 5.11 Å². The summed E-state index contributed by atoms with van der Waals surface area (Å²) in [5, 5.41) is 10.2. The van der Waals surface area contributed by atoms with Crippen LogP contribution in [0.4, 0.5) is 0 Å². The first-order valence-corrected chi connectivity index (χ1v) is 6.00. The molecule has 88 valence electrons. The zero-order valence-electron chi connectivity index (χ0n) is 10.3. The zero-order valence-corrected chi connectivity index (χ0v) is 10.3. The van der Waals surface area contributed by atoms with Crippen LogP contribution in [0.25, 0.3) is 0 Å². The van der Waals surface area contributed by atoms with Crippen LogP contribution in [0, 0.1) is 5.41 Å². The summed E-state index contributed by atoms with van der Waals surface area (Å²) in [5.41, 5.74) is 0.114. The largest absolute Gasteiger partial charge is 0.388 e. The molecule has 2 aliphatic rings. The third-order valence-electron chi connectivity index (χ3n) is 3.75. The Morgan fingerprint density at radius 2 is 1.93 bits per heavy atom. The van der Waals surface area contributed by atoms with Crippen LogP contribution in [0.3, 0.4) is 0 Å². The Kier molecular flexibility index (Phi) is 2.82. The van der Waals surface area contributed by atoms with Crippen LogP contribution in [-0.4, -0.2) is 60.8 Å². The number of rotatable bonds is 4. The maximum absolute atomic E-state index is 10.2. The van der Waals surface area contributed by atoms with Crippen LogP contribution in [0.2, 0.25) is 0 Å². The molecular formula is C12H24N2O. The van der Waals surface area contributed by atoms with E-state index >= 15 is 0 Å². The number of hydrogen-bond donors (Lipinski definition) is 1. The zero-order chi connectivity index (χ0) is 11.1. The van der Waals surface area contributed by atoms with Crippen molar-refractivity contribution in [3.8, 4) is 0 Å². The molecule has 0 aromatic rings. The molecule has 1 unspecified atom stereocenters. The molecule has 0 amide bonds. The summed E-state index contributed by atoms with van der Waals surface area (Å²) >= 11 is 0. The van der Waals surface area contributed by atoms with Crippen molar-refractivity contribution in [2.24, 2.45) is 5.41 Å². The molecule has 3 nitrogen and oxygen atoms in total. The lowest BCUT2D eigenvalue weighted by Crippen LogP contribution is -2.63. The first kappa shape index (κ1) is 11.4. The van der Waals surface area contributed by atoms with Gasteiger partial charge in [-0.25, -0.2) is 0 Å². The quantitative estimate of drug-likeness (QED) is 0.746. The summed E-state index contributed by atoms with van der Waals surface area (Å²) in [5.74, 6) is 0. The third kappa shape index (κ3) is 2.52. The first-order valence-electron chi connectivity index (χ1n) is 6.00. The van der Waals surface area contributed by atoms with Crippen LogP contribution in [0.1, 0.15) is 26.2 Å². The molecule has 1 spiro atoms. The van der Waals surface area contributed by atoms with Crippen LogP contribution >= 0.6 is 0 Å². The van der Waals surface area contributed by atoms with Gasteiger partial charge in [0.15, 0.2) is 0 Å². The predicted octanol–water partition coefficient (Wildman–Crippen LogP) is 0.785. The van der Waals surface area contributed by atoms with Gasteiger partial charge < -0.3 is 10.0 Å². The van der Waals surface area contributed by atoms with Gasteiger partial charge in [-0.05, 0) is 39.3 Å². The highest BCUT2D eigenvalue weighted by Crippen LogP contribution is 2.48. The van der Waals surface area contributed by atoms with Crippen molar-refractivity contribution >= 4 is 0 Å². The Morgan fingerprint density at radius 3 is 2.33 bits per heavy atom. The van der Waals surface area contributed by atoms with Crippen molar-refractivity contribution in [1.29, 1.82) is 0 Å². The fraction of sp³-hybridized carbons (Fsp3) is 1.00. The van der Waals surface area contributed by atoms with Gasteiger partial charge in [-0.1, -0.05) is 6.42 Å². The van der Waals surface area contributed by atoms with Gasteiger partial charge in [-0.15, -0.1) is 0 Å². The highest BCUT2D eigenvalue weighted by Gasteiger charge is 2.48. The summed E-state index contributed by atoms with van der Waals surface area (Å²) in [6.07, 6.45) is 4.25. The second kappa shape index (κ2) is 3.72. The Labute approximate surface area is 93.1 Å². The molecule has 3 heteroatoms. The van der Waals surface area contributed by atoms with Crippen molar-refractivity contribution in [1.82, 2.24) is 9.80 Å². The van der Waals surface area contributed by atoms with E-state index in [2.05, 4.69) is 9.80 Å². The SMILES string of the molecule is CN(C)CC(C)(O)CN1CC2(CCC2)C1. The van der Waals surface area contributed by atoms with Crippen molar-refractivity contribution in [2.75, 3.05) is 40.3 Å². The topological polar surface area (TPSA) is 26.7 Å². The third-order valence-corrected chi connectivity index (χ3v) is 3.75. The van der Waals surface area contributed by atoms with Gasteiger partial charge in [0.1, 0.15) is 0 Å². The summed E-state index contributed by atoms with van der Waals surface area (Å²) in [6, 6.07) is 0. The molecular weight excluding hydrogens is 188 g/mol. The van der Waals surface area contributed by atoms with E-state index in [-0.39, 0.29) is 0 Å². The minimum atomic E-state index is -0.561. The second-order valence-corrected chi connectivity index (χ2v) is 6.23. The molecule has 0 bridgehead atoms. The van der Waals surface area contributed by atoms with Crippen molar-refractivity contribution < 1.29 is 5.11 Å². The van der Waals surface area contributed by atoms with E-state index in [1.165, 1.54) is 32.4 Å². The maximum atomic E-state index is 10.2. The summed E-state index contributed by atoms with van der Waals surface area (Å²) in [4.78, 5) is 4.46. The molecule has 0 radical (unpaired) electrons. The molecule has 1 atom stereocenters. The van der Waals surface area contributed by atoms with Crippen LogP contribution in [-0.2, 0) is 0 Å². The number of hydrogen-bond acceptors (Lipinski definition) is 3. The number of aliphatic hydroxyl groups is 1. The van der Waals surface area contributed by atoms with E-state index in [0.717, 1.165) is 13.1 Å². The molecule has 1 aliphatic heterocycles. The molecule has 1 aliphatic carbocycles. The summed E-state index contributed by atoms with van der Waals surface area (Å²) in [7, 11) is 4.02. The molecule has 0 aromatic heterocycles. The van der Waals surface area contributed by atoms with Gasteiger partial charge >= 0.3 is 0 Å². The monoisotopic (exact) mass is 212 g/mol. The number of likely N-dealkylation sites (tertiary alicyclic amines) is 1. The Bertz CT molecular complexity index is 226. The average molecular weight is 212 g/mol. The maximum Gasteiger partial charge on any atom is 0.0871 e. The fourth-order valence-electron chi connectivity index (χ4n) is 3.22. The lowest BCUT2D eigenvalue weighted by molar-refractivity contribution is -0.100. The highest BCUT2D eigenvalue weighted by molar-refractivity contribution is 5.01. The lowest BCUT2D eigenvalue weighted by Gasteiger charge is -2.57. The summed E-state index contributed by atoms with van der Waals surface area (Å²) in [6.45, 7) is 5.95. The molecule has 2 fully saturated rings.